The third kappa shape index (κ3) is 4.42. The second-order valence-electron chi connectivity index (χ2n) is 4.83. The SMILES string of the molecule is Nc1nc(N[C@@H](CO)CCCC(F)(F)F)c2ncccc2n1. The standard InChI is InChI=1S/C13H16F3N5O/c14-13(15,16)5-1-3-8(7-22)19-11-10-9(4-2-6-18-10)20-12(17)21-11/h2,4,6,8,22H,1,3,5,7H2,(H3,17,19,20,21)/t8-/m1/s1. The normalized spacial score (nSPS) is 13.3. The highest BCUT2D eigenvalue weighted by Crippen LogP contribution is 2.24. The summed E-state index contributed by atoms with van der Waals surface area (Å²) >= 11 is 0. The van der Waals surface area contributed by atoms with E-state index in [9.17, 15) is 18.3 Å². The molecule has 2 rings (SSSR count). The number of fused-ring (bicyclic) bond motifs is 1. The minimum Gasteiger partial charge on any atom is -0.394 e. The number of hydrogen-bond donors (Lipinski definition) is 3. The van der Waals surface area contributed by atoms with Crippen molar-refractivity contribution < 1.29 is 18.3 Å². The number of nitrogens with two attached hydrogens (primary N) is 1. The minimum atomic E-state index is -4.20. The van der Waals surface area contributed by atoms with Crippen molar-refractivity contribution in [1.82, 2.24) is 15.0 Å². The van der Waals surface area contributed by atoms with E-state index in [0.29, 0.717) is 16.9 Å². The number of pyridine rings is 1. The fraction of sp³-hybridized carbons (Fsp3) is 0.462. The number of alkyl halides is 3. The second-order valence-corrected chi connectivity index (χ2v) is 4.83. The van der Waals surface area contributed by atoms with Crippen LogP contribution in [0, 0.1) is 0 Å². The van der Waals surface area contributed by atoms with Gasteiger partial charge in [-0.2, -0.15) is 18.2 Å². The molecule has 0 bridgehead atoms. The monoisotopic (exact) mass is 315 g/mol. The van der Waals surface area contributed by atoms with Crippen molar-refractivity contribution in [2.75, 3.05) is 17.7 Å². The maximum atomic E-state index is 12.2. The molecule has 2 heterocycles. The van der Waals surface area contributed by atoms with Gasteiger partial charge in [0.2, 0.25) is 5.95 Å². The van der Waals surface area contributed by atoms with E-state index in [1.807, 2.05) is 0 Å². The Labute approximate surface area is 124 Å². The second kappa shape index (κ2) is 6.73. The van der Waals surface area contributed by atoms with Crippen LogP contribution in [0.3, 0.4) is 0 Å². The molecule has 0 unspecified atom stereocenters. The number of anilines is 2. The molecule has 22 heavy (non-hydrogen) atoms. The molecule has 120 valence electrons. The minimum absolute atomic E-state index is 0.0231. The molecule has 6 nitrogen and oxygen atoms in total. The molecule has 9 heteroatoms. The van der Waals surface area contributed by atoms with E-state index >= 15 is 0 Å². The van der Waals surface area contributed by atoms with Gasteiger partial charge in [0, 0.05) is 12.6 Å². The number of nitrogen functional groups attached to an aromatic ring is 1. The third-order valence-corrected chi connectivity index (χ3v) is 3.05. The molecule has 2 aromatic rings. The van der Waals surface area contributed by atoms with Crippen molar-refractivity contribution in [3.8, 4) is 0 Å². The van der Waals surface area contributed by atoms with E-state index in [0.717, 1.165) is 0 Å². The van der Waals surface area contributed by atoms with Gasteiger partial charge in [0.1, 0.15) is 5.52 Å². The van der Waals surface area contributed by atoms with E-state index < -0.39 is 18.6 Å². The maximum Gasteiger partial charge on any atom is 0.389 e. The number of rotatable bonds is 6. The quantitative estimate of drug-likeness (QED) is 0.755. The Hall–Kier alpha value is -2.16. The summed E-state index contributed by atoms with van der Waals surface area (Å²) in [6, 6.07) is 2.82. The third-order valence-electron chi connectivity index (χ3n) is 3.05. The summed E-state index contributed by atoms with van der Waals surface area (Å²) in [7, 11) is 0. The van der Waals surface area contributed by atoms with Gasteiger partial charge in [-0.05, 0) is 25.0 Å². The van der Waals surface area contributed by atoms with Gasteiger partial charge in [-0.15, -0.1) is 0 Å². The number of aromatic nitrogens is 3. The van der Waals surface area contributed by atoms with Gasteiger partial charge >= 0.3 is 6.18 Å². The highest BCUT2D eigenvalue weighted by molar-refractivity contribution is 5.85. The van der Waals surface area contributed by atoms with Crippen molar-refractivity contribution in [3.63, 3.8) is 0 Å². The molecule has 0 aliphatic rings. The molecule has 0 aliphatic heterocycles. The predicted octanol–water partition coefficient (Wildman–Crippen LogP) is 2.11. The molecule has 4 N–H and O–H groups in total. The summed E-state index contributed by atoms with van der Waals surface area (Å²) < 4.78 is 36.5. The number of nitrogens with one attached hydrogen (secondary N) is 1. The van der Waals surface area contributed by atoms with Gasteiger partial charge in [0.15, 0.2) is 5.82 Å². The van der Waals surface area contributed by atoms with Gasteiger partial charge in [-0.3, -0.25) is 4.98 Å². The Bertz CT molecular complexity index is 635. The van der Waals surface area contributed by atoms with Gasteiger partial charge in [-0.25, -0.2) is 4.98 Å². The molecule has 0 saturated heterocycles. The molecule has 0 radical (unpaired) electrons. The Balaban J connectivity index is 2.11. The molecule has 0 fully saturated rings. The van der Waals surface area contributed by atoms with Crippen molar-refractivity contribution in [1.29, 1.82) is 0 Å². The van der Waals surface area contributed by atoms with Crippen LogP contribution >= 0.6 is 0 Å². The number of hydrogen-bond acceptors (Lipinski definition) is 6. The molecular weight excluding hydrogens is 299 g/mol. The van der Waals surface area contributed by atoms with Crippen LogP contribution in [0.25, 0.3) is 11.0 Å². The van der Waals surface area contributed by atoms with Crippen LogP contribution in [0.1, 0.15) is 19.3 Å². The van der Waals surface area contributed by atoms with Crippen LogP contribution in [-0.2, 0) is 0 Å². The summed E-state index contributed by atoms with van der Waals surface area (Å²) in [5.74, 6) is 0.323. The van der Waals surface area contributed by atoms with Gasteiger partial charge < -0.3 is 16.2 Å². The summed E-state index contributed by atoms with van der Waals surface area (Å²) in [6.07, 6.45) is -3.49. The van der Waals surface area contributed by atoms with Crippen LogP contribution < -0.4 is 11.1 Å². The molecule has 2 aromatic heterocycles. The van der Waals surface area contributed by atoms with Crippen LogP contribution in [-0.4, -0.2) is 38.9 Å². The van der Waals surface area contributed by atoms with E-state index in [4.69, 9.17) is 5.73 Å². The van der Waals surface area contributed by atoms with Gasteiger partial charge in [0.25, 0.3) is 0 Å². The van der Waals surface area contributed by atoms with Crippen molar-refractivity contribution in [2.24, 2.45) is 0 Å². The van der Waals surface area contributed by atoms with Gasteiger partial charge in [-0.1, -0.05) is 0 Å². The van der Waals surface area contributed by atoms with Crippen molar-refractivity contribution in [2.45, 2.75) is 31.5 Å². The lowest BCUT2D eigenvalue weighted by Gasteiger charge is -2.18. The number of aliphatic hydroxyl groups is 1. The molecule has 1 atom stereocenters. The summed E-state index contributed by atoms with van der Waals surface area (Å²) in [5, 5.41) is 12.2. The highest BCUT2D eigenvalue weighted by Gasteiger charge is 2.26. The Morgan fingerprint density at radius 3 is 2.77 bits per heavy atom. The summed E-state index contributed by atoms with van der Waals surface area (Å²) in [6.45, 7) is -0.323. The fourth-order valence-corrected chi connectivity index (χ4v) is 2.04. The molecule has 0 saturated carbocycles. The summed E-state index contributed by atoms with van der Waals surface area (Å²) in [4.78, 5) is 12.1. The molecule has 0 aromatic carbocycles. The molecular formula is C13H16F3N5O. The van der Waals surface area contributed by atoms with Crippen LogP contribution in [0.15, 0.2) is 18.3 Å². The van der Waals surface area contributed by atoms with E-state index in [-0.39, 0.29) is 25.4 Å². The number of halogens is 3. The van der Waals surface area contributed by atoms with E-state index in [1.165, 1.54) is 0 Å². The number of aliphatic hydroxyl groups excluding tert-OH is 1. The average molecular weight is 315 g/mol. The summed E-state index contributed by atoms with van der Waals surface area (Å²) in [5.41, 5.74) is 6.57. The molecule has 0 amide bonds. The number of nitrogens with zero attached hydrogens (tertiary/aromatic N) is 3. The van der Waals surface area contributed by atoms with Crippen LogP contribution in [0.2, 0.25) is 0 Å². The predicted molar refractivity (Wildman–Crippen MR) is 76.1 cm³/mol. The fourth-order valence-electron chi connectivity index (χ4n) is 2.04. The Morgan fingerprint density at radius 2 is 2.09 bits per heavy atom. The van der Waals surface area contributed by atoms with Gasteiger partial charge in [0.05, 0.1) is 18.2 Å². The first-order valence-corrected chi connectivity index (χ1v) is 6.71. The zero-order valence-corrected chi connectivity index (χ0v) is 11.6. The zero-order valence-electron chi connectivity index (χ0n) is 11.6. The largest absolute Gasteiger partial charge is 0.394 e. The first kappa shape index (κ1) is 16.2. The smallest absolute Gasteiger partial charge is 0.389 e. The Morgan fingerprint density at radius 1 is 1.32 bits per heavy atom. The van der Waals surface area contributed by atoms with Crippen molar-refractivity contribution in [3.05, 3.63) is 18.3 Å². The Kier molecular flexibility index (Phi) is 4.96. The lowest BCUT2D eigenvalue weighted by atomic mass is 10.1. The van der Waals surface area contributed by atoms with Crippen molar-refractivity contribution >= 4 is 22.8 Å². The van der Waals surface area contributed by atoms with Crippen LogP contribution in [0.4, 0.5) is 24.9 Å². The highest BCUT2D eigenvalue weighted by atomic mass is 19.4. The lowest BCUT2D eigenvalue weighted by Crippen LogP contribution is -2.25. The average Bonchev–Trinajstić information content (AvgIpc) is 2.44. The van der Waals surface area contributed by atoms with E-state index in [2.05, 4.69) is 20.3 Å². The lowest BCUT2D eigenvalue weighted by molar-refractivity contribution is -0.135. The molecule has 0 aliphatic carbocycles. The maximum absolute atomic E-state index is 12.2. The van der Waals surface area contributed by atoms with E-state index in [1.54, 1.807) is 18.3 Å². The zero-order chi connectivity index (χ0) is 16.2. The first-order valence-electron chi connectivity index (χ1n) is 6.71. The first-order chi connectivity index (χ1) is 10.4. The molecule has 0 spiro atoms. The topological polar surface area (TPSA) is 97.0 Å². The van der Waals surface area contributed by atoms with Crippen LogP contribution in [0.5, 0.6) is 0 Å².